The fraction of sp³-hybridized carbons (Fsp3) is 0.312. The molecule has 0 unspecified atom stereocenters. The molecule has 0 saturated carbocycles. The number of carbonyl (C=O) groups excluding carboxylic acids is 5. The molecule has 18 heteroatoms. The Labute approximate surface area is 377 Å². The number of nitrogens with two attached hydrogens (primary N) is 1. The van der Waals surface area contributed by atoms with Crippen LogP contribution in [0.1, 0.15) is 86.4 Å². The molecule has 3 aliphatic rings. The summed E-state index contributed by atoms with van der Waals surface area (Å²) < 4.78 is 27.0. The minimum Gasteiger partial charge on any atom is -0.507 e. The van der Waals surface area contributed by atoms with Crippen molar-refractivity contribution in [3.8, 4) is 40.2 Å². The van der Waals surface area contributed by atoms with Gasteiger partial charge in [0.1, 0.15) is 29.5 Å². The summed E-state index contributed by atoms with van der Waals surface area (Å²) in [6, 6.07) is 13.0. The van der Waals surface area contributed by atoms with E-state index >= 15 is 0 Å². The summed E-state index contributed by atoms with van der Waals surface area (Å²) in [7, 11) is 4.19. The minimum atomic E-state index is -2.24. The van der Waals surface area contributed by atoms with Gasteiger partial charge in [-0.25, -0.2) is 0 Å². The summed E-state index contributed by atoms with van der Waals surface area (Å²) in [5.41, 5.74) is 3.70. The number of ether oxygens (including phenoxy) is 5. The second kappa shape index (κ2) is 20.1. The molecule has 0 bridgehead atoms. The lowest BCUT2D eigenvalue weighted by molar-refractivity contribution is -0.247. The molecule has 0 spiro atoms. The largest absolute Gasteiger partial charge is 0.507 e. The molecule has 18 nitrogen and oxygen atoms in total. The SMILES string of the molecule is COc1cc(/C=C/C(=O)CC(=O)/C=C/c2ccc(O)c(OC)c2)ccc1O.COc1cccc2c1C(=O)c1c(O)c3c(c(O)c1C2=O)C[C@@](O)(C(=O)CO)C[C@@H]3O[C@H]1C[C@H](N)[C@H](O)[C@H](C)O1. The van der Waals surface area contributed by atoms with E-state index in [1.54, 1.807) is 43.3 Å². The van der Waals surface area contributed by atoms with Gasteiger partial charge in [0.15, 0.2) is 52.4 Å². The van der Waals surface area contributed by atoms with Crippen LogP contribution in [0.3, 0.4) is 0 Å². The number of phenolic OH excluding ortho intramolecular Hbond substituents is 4. The number of fused-ring (bicyclic) bond motifs is 3. The van der Waals surface area contributed by atoms with E-state index in [2.05, 4.69) is 0 Å². The zero-order valence-electron chi connectivity index (χ0n) is 36.2. The third kappa shape index (κ3) is 9.83. The van der Waals surface area contributed by atoms with E-state index in [1.807, 2.05) is 0 Å². The molecular formula is C48H49NO17. The number of benzene rings is 4. The normalized spacial score (nSPS) is 22.2. The second-order valence-corrected chi connectivity index (χ2v) is 15.8. The van der Waals surface area contributed by atoms with Crippen LogP contribution in [0, 0.1) is 0 Å². The maximum Gasteiger partial charge on any atom is 0.202 e. The number of allylic oxidation sites excluding steroid dienone is 2. The van der Waals surface area contributed by atoms with E-state index < -0.39 is 95.7 Å². The van der Waals surface area contributed by atoms with Crippen molar-refractivity contribution in [2.45, 2.75) is 68.9 Å². The fourth-order valence-electron chi connectivity index (χ4n) is 8.01. The number of aliphatic hydroxyl groups excluding tert-OH is 2. The highest BCUT2D eigenvalue weighted by Gasteiger charge is 2.50. The predicted octanol–water partition coefficient (Wildman–Crippen LogP) is 3.37. The first-order chi connectivity index (χ1) is 31.4. The molecule has 1 heterocycles. The van der Waals surface area contributed by atoms with E-state index in [0.717, 1.165) is 0 Å². The third-order valence-corrected chi connectivity index (χ3v) is 11.5. The molecule has 9 N–H and O–H groups in total. The topological polar surface area (TPSA) is 299 Å². The first kappa shape index (κ1) is 48.5. The van der Waals surface area contributed by atoms with Gasteiger partial charge in [-0.3, -0.25) is 24.0 Å². The molecule has 1 saturated heterocycles. The minimum absolute atomic E-state index is 0.00662. The summed E-state index contributed by atoms with van der Waals surface area (Å²) in [6.45, 7) is 0.560. The zero-order valence-corrected chi connectivity index (χ0v) is 36.2. The predicted molar refractivity (Wildman–Crippen MR) is 234 cm³/mol. The van der Waals surface area contributed by atoms with Crippen molar-refractivity contribution >= 4 is 41.1 Å². The smallest absolute Gasteiger partial charge is 0.202 e. The Balaban J connectivity index is 0.000000234. The van der Waals surface area contributed by atoms with Gasteiger partial charge in [-0.2, -0.15) is 0 Å². The highest BCUT2D eigenvalue weighted by Crippen LogP contribution is 2.52. The standard InChI is InChI=1S/C27H29NO11.C21H20O6/c1-10-22(31)13(28)6-17(38-10)39-15-8-27(36,16(30)9-29)7-12-19(15)26(35)21-20(24(12)33)23(32)11-4-3-5-14(37-2)18(11)25(21)34;1-26-20-11-14(5-9-18(20)24)3-7-16(22)13-17(23)8-4-15-6-10-19(25)21(12-15)27-2/h3-5,10,13,15,17,22,29,31,33,35-36H,6-9,28H2,1-2H3;3-12,24-25H,13H2,1-2H3/b;7-3+,8-4+/t10-,13-,15-,17-,22+,27-;/m0./s1. The number of methoxy groups -OCH3 is 3. The van der Waals surface area contributed by atoms with Crippen molar-refractivity contribution in [2.75, 3.05) is 27.9 Å². The molecule has 1 aliphatic heterocycles. The van der Waals surface area contributed by atoms with E-state index in [9.17, 15) is 59.7 Å². The van der Waals surface area contributed by atoms with Crippen LogP contribution in [0.4, 0.5) is 0 Å². The maximum atomic E-state index is 13.6. The molecule has 4 aromatic carbocycles. The van der Waals surface area contributed by atoms with Gasteiger partial charge in [0.05, 0.1) is 62.8 Å². The van der Waals surface area contributed by atoms with Gasteiger partial charge in [0.2, 0.25) is 5.78 Å². The Hall–Kier alpha value is -6.93. The molecule has 0 aromatic heterocycles. The summed E-state index contributed by atoms with van der Waals surface area (Å²) in [6.07, 6.45) is 0.320. The summed E-state index contributed by atoms with van der Waals surface area (Å²) >= 11 is 0. The molecule has 0 radical (unpaired) electrons. The number of carbonyl (C=O) groups is 5. The average Bonchev–Trinajstić information content (AvgIpc) is 3.29. The van der Waals surface area contributed by atoms with Gasteiger partial charge in [0, 0.05) is 42.0 Å². The van der Waals surface area contributed by atoms with Crippen molar-refractivity contribution in [1.82, 2.24) is 0 Å². The number of rotatable bonds is 13. The highest BCUT2D eigenvalue weighted by molar-refractivity contribution is 6.31. The van der Waals surface area contributed by atoms with Crippen LogP contribution in [-0.2, 0) is 30.3 Å². The van der Waals surface area contributed by atoms with Gasteiger partial charge < -0.3 is 65.2 Å². The number of Topliss-reactive ketones (excluding diaryl/α,β-unsaturated/α-hetero) is 1. The first-order valence-electron chi connectivity index (χ1n) is 20.5. The summed E-state index contributed by atoms with van der Waals surface area (Å²) in [5.74, 6) is -3.86. The van der Waals surface area contributed by atoms with Crippen LogP contribution in [-0.4, -0.2) is 123 Å². The number of hydrogen-bond donors (Lipinski definition) is 8. The fourth-order valence-corrected chi connectivity index (χ4v) is 8.01. The van der Waals surface area contributed by atoms with E-state index in [-0.39, 0.29) is 63.9 Å². The van der Waals surface area contributed by atoms with Crippen LogP contribution >= 0.6 is 0 Å². The number of ketones is 5. The number of phenols is 4. The van der Waals surface area contributed by atoms with Gasteiger partial charge in [-0.1, -0.05) is 36.4 Å². The quantitative estimate of drug-likeness (QED) is 0.0477. The van der Waals surface area contributed by atoms with Crippen molar-refractivity contribution < 1.29 is 83.4 Å². The molecule has 4 aromatic rings. The summed E-state index contributed by atoms with van der Waals surface area (Å²) in [4.78, 5) is 63.6. The van der Waals surface area contributed by atoms with Gasteiger partial charge in [-0.15, -0.1) is 0 Å². The van der Waals surface area contributed by atoms with E-state index in [1.165, 1.54) is 63.8 Å². The molecule has 0 amide bonds. The molecule has 7 rings (SSSR count). The monoisotopic (exact) mass is 911 g/mol. The van der Waals surface area contributed by atoms with Crippen LogP contribution < -0.4 is 19.9 Å². The molecule has 2 aliphatic carbocycles. The molecule has 348 valence electrons. The van der Waals surface area contributed by atoms with Crippen molar-refractivity contribution in [3.63, 3.8) is 0 Å². The Kier molecular flexibility index (Phi) is 14.8. The number of hydrogen-bond acceptors (Lipinski definition) is 18. The van der Waals surface area contributed by atoms with E-state index in [0.29, 0.717) is 22.6 Å². The van der Waals surface area contributed by atoms with Crippen LogP contribution in [0.5, 0.6) is 40.2 Å². The lowest BCUT2D eigenvalue weighted by Crippen LogP contribution is -2.53. The van der Waals surface area contributed by atoms with Crippen LogP contribution in [0.2, 0.25) is 0 Å². The molecular weight excluding hydrogens is 863 g/mol. The molecule has 1 fully saturated rings. The number of aliphatic hydroxyl groups is 3. The van der Waals surface area contributed by atoms with Gasteiger partial charge >= 0.3 is 0 Å². The molecule has 6 atom stereocenters. The summed E-state index contributed by atoms with van der Waals surface area (Å²) in [5, 5.41) is 72.8. The van der Waals surface area contributed by atoms with Crippen LogP contribution in [0.15, 0.2) is 66.7 Å². The number of aromatic hydroxyl groups is 4. The van der Waals surface area contributed by atoms with Gasteiger partial charge in [0.25, 0.3) is 0 Å². The van der Waals surface area contributed by atoms with Crippen molar-refractivity contribution in [2.24, 2.45) is 5.73 Å². The third-order valence-electron chi connectivity index (χ3n) is 11.5. The Morgan fingerprint density at radius 2 is 1.36 bits per heavy atom. The van der Waals surface area contributed by atoms with E-state index in [4.69, 9.17) is 29.4 Å². The molecule has 66 heavy (non-hydrogen) atoms. The average molecular weight is 912 g/mol. The maximum absolute atomic E-state index is 13.6. The lowest BCUT2D eigenvalue weighted by atomic mass is 9.72. The van der Waals surface area contributed by atoms with Crippen molar-refractivity contribution in [1.29, 1.82) is 0 Å². The van der Waals surface area contributed by atoms with Gasteiger partial charge in [-0.05, 0) is 60.5 Å². The lowest BCUT2D eigenvalue weighted by Gasteiger charge is -2.42. The Morgan fingerprint density at radius 1 is 0.803 bits per heavy atom. The Bertz CT molecular complexity index is 2550. The second-order valence-electron chi connectivity index (χ2n) is 15.8. The highest BCUT2D eigenvalue weighted by atomic mass is 16.7. The Morgan fingerprint density at radius 3 is 1.89 bits per heavy atom. The van der Waals surface area contributed by atoms with Crippen LogP contribution in [0.25, 0.3) is 12.2 Å². The van der Waals surface area contributed by atoms with Crippen molar-refractivity contribution in [3.05, 3.63) is 111 Å². The first-order valence-corrected chi connectivity index (χ1v) is 20.5. The zero-order chi connectivity index (χ0) is 48.2.